The molecule has 0 rings (SSSR count). The summed E-state index contributed by atoms with van der Waals surface area (Å²) in [6.07, 6.45) is 2.66. The van der Waals surface area contributed by atoms with E-state index in [4.69, 9.17) is 10.4 Å². The number of nitrogens with zero attached hydrogens (tertiary/aromatic N) is 1. The molecule has 0 heterocycles. The van der Waals surface area contributed by atoms with E-state index in [1.54, 1.807) is 0 Å². The Kier molecular flexibility index (Phi) is 4.41. The van der Waals surface area contributed by atoms with Gasteiger partial charge < -0.3 is 5.11 Å². The third-order valence-electron chi connectivity index (χ3n) is 0.898. The minimum atomic E-state index is -1.29. The summed E-state index contributed by atoms with van der Waals surface area (Å²) < 4.78 is 11.3. The van der Waals surface area contributed by atoms with Crippen LogP contribution in [-0.2, 0) is 4.79 Å². The van der Waals surface area contributed by atoms with Crippen molar-refractivity contribution in [2.24, 2.45) is 0 Å². The van der Waals surface area contributed by atoms with Crippen molar-refractivity contribution in [2.45, 2.75) is 6.42 Å². The molecule has 0 saturated carbocycles. The lowest BCUT2D eigenvalue weighted by Crippen LogP contribution is -1.96. The molecule has 0 aromatic carbocycles. The number of rotatable bonds is 3. The van der Waals surface area contributed by atoms with E-state index in [0.29, 0.717) is 6.33 Å². The first-order valence-corrected chi connectivity index (χ1v) is 2.81. The number of halogens is 1. The Morgan fingerprint density at radius 3 is 2.73 bits per heavy atom. The lowest BCUT2D eigenvalue weighted by molar-refractivity contribution is -0.132. The summed E-state index contributed by atoms with van der Waals surface area (Å²) in [7, 11) is 0. The van der Waals surface area contributed by atoms with Gasteiger partial charge in [0.1, 0.15) is 11.6 Å². The first-order chi connectivity index (χ1) is 5.22. The van der Waals surface area contributed by atoms with E-state index in [2.05, 4.69) is 0 Å². The van der Waals surface area contributed by atoms with Crippen LogP contribution in [0.2, 0.25) is 0 Å². The molecule has 0 aliphatic carbocycles. The molecule has 4 heteroatoms. The van der Waals surface area contributed by atoms with Crippen LogP contribution < -0.4 is 0 Å². The van der Waals surface area contributed by atoms with Crippen molar-refractivity contribution < 1.29 is 14.3 Å². The van der Waals surface area contributed by atoms with Crippen molar-refractivity contribution >= 4 is 5.97 Å². The molecule has 0 aliphatic rings. The molecule has 0 aromatic rings. The molecule has 11 heavy (non-hydrogen) atoms. The van der Waals surface area contributed by atoms with E-state index in [0.717, 1.165) is 12.2 Å². The topological polar surface area (TPSA) is 61.1 Å². The summed E-state index contributed by atoms with van der Waals surface area (Å²) in [6.45, 7) is 0. The predicted molar refractivity (Wildman–Crippen MR) is 36.2 cm³/mol. The summed E-state index contributed by atoms with van der Waals surface area (Å²) in [6, 6.07) is 1.47. The van der Waals surface area contributed by atoms with Crippen LogP contribution in [-0.4, -0.2) is 11.1 Å². The molecule has 3 nitrogen and oxygen atoms in total. The fraction of sp³-hybridized carbons (Fsp3) is 0.143. The van der Waals surface area contributed by atoms with Gasteiger partial charge in [-0.25, -0.2) is 9.18 Å². The smallest absolute Gasteiger partial charge is 0.346 e. The van der Waals surface area contributed by atoms with Crippen molar-refractivity contribution in [1.29, 1.82) is 5.26 Å². The highest BCUT2D eigenvalue weighted by Crippen LogP contribution is 1.95. The SMILES string of the molecule is N#CC(=CCC=CF)C(=O)O. The van der Waals surface area contributed by atoms with Crippen molar-refractivity contribution in [1.82, 2.24) is 0 Å². The van der Waals surface area contributed by atoms with Crippen molar-refractivity contribution in [3.8, 4) is 6.07 Å². The van der Waals surface area contributed by atoms with Gasteiger partial charge in [0.15, 0.2) is 0 Å². The van der Waals surface area contributed by atoms with Crippen LogP contribution in [0.15, 0.2) is 24.1 Å². The normalized spacial score (nSPS) is 11.5. The van der Waals surface area contributed by atoms with Gasteiger partial charge in [0, 0.05) is 0 Å². The summed E-state index contributed by atoms with van der Waals surface area (Å²) in [5.74, 6) is -1.29. The number of nitriles is 1. The van der Waals surface area contributed by atoms with Crippen molar-refractivity contribution in [3.05, 3.63) is 24.1 Å². The van der Waals surface area contributed by atoms with Crippen LogP contribution in [0.1, 0.15) is 6.42 Å². The lowest BCUT2D eigenvalue weighted by atomic mass is 10.2. The van der Waals surface area contributed by atoms with Gasteiger partial charge in [0.25, 0.3) is 0 Å². The van der Waals surface area contributed by atoms with E-state index < -0.39 is 5.97 Å². The molecule has 0 bridgehead atoms. The maximum absolute atomic E-state index is 11.3. The van der Waals surface area contributed by atoms with Gasteiger partial charge in [-0.05, 0) is 6.42 Å². The standard InChI is InChI=1S/C7H6FNO2/c8-4-2-1-3-6(5-9)7(10)11/h2-4H,1H2,(H,10,11). The maximum Gasteiger partial charge on any atom is 0.346 e. The zero-order valence-electron chi connectivity index (χ0n) is 5.62. The molecule has 0 atom stereocenters. The summed E-state index contributed by atoms with van der Waals surface area (Å²) in [5, 5.41) is 16.4. The largest absolute Gasteiger partial charge is 0.477 e. The van der Waals surface area contributed by atoms with Crippen LogP contribution in [0, 0.1) is 11.3 Å². The Hall–Kier alpha value is -1.63. The molecular formula is C7H6FNO2. The van der Waals surface area contributed by atoms with Gasteiger partial charge in [-0.2, -0.15) is 5.26 Å². The third kappa shape index (κ3) is 3.87. The zero-order chi connectivity index (χ0) is 8.69. The van der Waals surface area contributed by atoms with Crippen molar-refractivity contribution in [2.75, 3.05) is 0 Å². The minimum absolute atomic E-state index is 0.117. The second kappa shape index (κ2) is 5.18. The highest BCUT2D eigenvalue weighted by molar-refractivity contribution is 5.90. The second-order valence-corrected chi connectivity index (χ2v) is 1.63. The highest BCUT2D eigenvalue weighted by Gasteiger charge is 2.02. The Morgan fingerprint density at radius 1 is 1.73 bits per heavy atom. The summed E-state index contributed by atoms with van der Waals surface area (Å²) in [4.78, 5) is 10.1. The average Bonchev–Trinajstić information content (AvgIpc) is 1.97. The molecule has 0 unspecified atom stereocenters. The van der Waals surface area contributed by atoms with Gasteiger partial charge in [-0.15, -0.1) is 0 Å². The van der Waals surface area contributed by atoms with Gasteiger partial charge >= 0.3 is 5.97 Å². The molecule has 1 N–H and O–H groups in total. The first kappa shape index (κ1) is 9.37. The Labute approximate surface area is 63.1 Å². The van der Waals surface area contributed by atoms with Crippen LogP contribution in [0.4, 0.5) is 4.39 Å². The van der Waals surface area contributed by atoms with Gasteiger partial charge in [0.05, 0.1) is 6.33 Å². The van der Waals surface area contributed by atoms with E-state index in [1.165, 1.54) is 6.07 Å². The number of hydrogen-bond donors (Lipinski definition) is 1. The first-order valence-electron chi connectivity index (χ1n) is 2.81. The molecule has 58 valence electrons. The molecule has 0 fully saturated rings. The van der Waals surface area contributed by atoms with Gasteiger partial charge in [0.2, 0.25) is 0 Å². The van der Waals surface area contributed by atoms with E-state index in [1.807, 2.05) is 0 Å². The number of hydrogen-bond acceptors (Lipinski definition) is 2. The molecule has 0 spiro atoms. The van der Waals surface area contributed by atoms with Crippen LogP contribution in [0.25, 0.3) is 0 Å². The Balaban J connectivity index is 4.16. The molecule has 0 saturated heterocycles. The fourth-order valence-corrected chi connectivity index (χ4v) is 0.418. The predicted octanol–water partition coefficient (Wildman–Crippen LogP) is 1.39. The molecular weight excluding hydrogens is 149 g/mol. The van der Waals surface area contributed by atoms with Gasteiger partial charge in [-0.3, -0.25) is 0 Å². The second-order valence-electron chi connectivity index (χ2n) is 1.63. The molecule has 0 amide bonds. The van der Waals surface area contributed by atoms with E-state index in [-0.39, 0.29) is 12.0 Å². The lowest BCUT2D eigenvalue weighted by Gasteiger charge is -1.85. The third-order valence-corrected chi connectivity index (χ3v) is 0.898. The molecule has 0 radical (unpaired) electrons. The molecule has 0 aliphatic heterocycles. The molecule has 0 aromatic heterocycles. The van der Waals surface area contributed by atoms with Crippen molar-refractivity contribution in [3.63, 3.8) is 0 Å². The Bertz CT molecular complexity index is 237. The quantitative estimate of drug-likeness (QED) is 0.494. The Morgan fingerprint density at radius 2 is 2.36 bits per heavy atom. The average molecular weight is 155 g/mol. The van der Waals surface area contributed by atoms with Gasteiger partial charge in [-0.1, -0.05) is 12.2 Å². The number of carboxylic acid groups (broad SMARTS) is 1. The fourth-order valence-electron chi connectivity index (χ4n) is 0.418. The highest BCUT2D eigenvalue weighted by atomic mass is 19.1. The monoisotopic (exact) mass is 155 g/mol. The number of carboxylic acids is 1. The van der Waals surface area contributed by atoms with Crippen LogP contribution >= 0.6 is 0 Å². The number of carbonyl (C=O) groups is 1. The maximum atomic E-state index is 11.3. The van der Waals surface area contributed by atoms with E-state index >= 15 is 0 Å². The minimum Gasteiger partial charge on any atom is -0.477 e. The number of aliphatic carboxylic acids is 1. The summed E-state index contributed by atoms with van der Waals surface area (Å²) in [5.41, 5.74) is -0.372. The zero-order valence-corrected chi connectivity index (χ0v) is 5.62. The summed E-state index contributed by atoms with van der Waals surface area (Å²) >= 11 is 0. The van der Waals surface area contributed by atoms with Crippen LogP contribution in [0.3, 0.4) is 0 Å². The number of allylic oxidation sites excluding steroid dienone is 2. The van der Waals surface area contributed by atoms with Crippen LogP contribution in [0.5, 0.6) is 0 Å². The van der Waals surface area contributed by atoms with E-state index in [9.17, 15) is 9.18 Å².